The minimum atomic E-state index is -1.07. The van der Waals surface area contributed by atoms with Gasteiger partial charge in [0.2, 0.25) is 0 Å². The van der Waals surface area contributed by atoms with Gasteiger partial charge in [0.15, 0.2) is 8.32 Å². The van der Waals surface area contributed by atoms with E-state index >= 15 is 0 Å². The third-order valence-corrected chi connectivity index (χ3v) is 5.51. The van der Waals surface area contributed by atoms with Crippen LogP contribution < -0.4 is 0 Å². The minimum absolute atomic E-state index is 0. The standard InChI is InChI=1S/C3H12OSi2.3CH4/c1-6(2,3)4-5;;;/h1-3,5H3;3*1H4. The third kappa shape index (κ3) is 29.8. The molecule has 0 spiro atoms. The van der Waals surface area contributed by atoms with Gasteiger partial charge in [0.25, 0.3) is 0 Å². The molecule has 0 radical (unpaired) electrons. The van der Waals surface area contributed by atoms with E-state index in [4.69, 9.17) is 4.12 Å². The smallest absolute Gasteiger partial charge is 0.169 e. The lowest BCUT2D eigenvalue weighted by molar-refractivity contribution is 0.620. The topological polar surface area (TPSA) is 9.23 Å². The van der Waals surface area contributed by atoms with Crippen molar-refractivity contribution < 1.29 is 4.12 Å². The summed E-state index contributed by atoms with van der Waals surface area (Å²) in [4.78, 5) is 0. The highest BCUT2D eigenvalue weighted by atomic mass is 28.4. The molecule has 0 aromatic heterocycles. The molecule has 9 heavy (non-hydrogen) atoms. The Bertz CT molecular complexity index is 40.8. The van der Waals surface area contributed by atoms with Gasteiger partial charge in [-0.2, -0.15) is 0 Å². The summed E-state index contributed by atoms with van der Waals surface area (Å²) in [6, 6.07) is 0. The molecular formula is C6H24OSi2. The average molecular weight is 168 g/mol. The second-order valence-electron chi connectivity index (χ2n) is 2.32. The molecule has 0 atom stereocenters. The van der Waals surface area contributed by atoms with Crippen molar-refractivity contribution in [3.63, 3.8) is 0 Å². The van der Waals surface area contributed by atoms with Gasteiger partial charge in [0.1, 0.15) is 10.5 Å². The molecule has 0 bridgehead atoms. The van der Waals surface area contributed by atoms with E-state index in [0.29, 0.717) is 0 Å². The molecule has 0 saturated carbocycles. The Kier molecular flexibility index (Phi) is 21.2. The Morgan fingerprint density at radius 2 is 1.11 bits per heavy atom. The maximum Gasteiger partial charge on any atom is 0.169 e. The Labute approximate surface area is 65.5 Å². The molecule has 0 amide bonds. The summed E-state index contributed by atoms with van der Waals surface area (Å²) in [5.74, 6) is 0. The zero-order valence-electron chi connectivity index (χ0n) is 4.91. The van der Waals surface area contributed by atoms with Gasteiger partial charge in [-0.1, -0.05) is 22.3 Å². The molecule has 0 fully saturated rings. The molecule has 0 unspecified atom stereocenters. The quantitative estimate of drug-likeness (QED) is 0.545. The first kappa shape index (κ1) is 22.7. The lowest BCUT2D eigenvalue weighted by Crippen LogP contribution is -2.23. The van der Waals surface area contributed by atoms with Gasteiger partial charge in [-0.15, -0.1) is 0 Å². The first-order chi connectivity index (χ1) is 2.56. The molecule has 62 valence electrons. The Hall–Kier alpha value is 0.394. The number of hydrogen-bond donors (Lipinski definition) is 0. The van der Waals surface area contributed by atoms with Gasteiger partial charge in [0, 0.05) is 0 Å². The Morgan fingerprint density at radius 3 is 1.11 bits per heavy atom. The van der Waals surface area contributed by atoms with Gasteiger partial charge < -0.3 is 4.12 Å². The summed E-state index contributed by atoms with van der Waals surface area (Å²) in [6.45, 7) is 6.58. The van der Waals surface area contributed by atoms with Crippen molar-refractivity contribution in [3.8, 4) is 0 Å². The molecule has 0 aromatic carbocycles. The van der Waals surface area contributed by atoms with E-state index in [1.807, 2.05) is 0 Å². The van der Waals surface area contributed by atoms with Crippen molar-refractivity contribution in [1.29, 1.82) is 0 Å². The van der Waals surface area contributed by atoms with Gasteiger partial charge in [0.05, 0.1) is 0 Å². The lowest BCUT2D eigenvalue weighted by atomic mass is 11.8. The second-order valence-corrected chi connectivity index (χ2v) is 8.17. The van der Waals surface area contributed by atoms with Crippen LogP contribution in [0, 0.1) is 0 Å². The molecule has 0 N–H and O–H groups in total. The van der Waals surface area contributed by atoms with Crippen LogP contribution in [0.3, 0.4) is 0 Å². The van der Waals surface area contributed by atoms with Gasteiger partial charge in [-0.3, -0.25) is 0 Å². The second kappa shape index (κ2) is 8.39. The van der Waals surface area contributed by atoms with Crippen LogP contribution in [-0.4, -0.2) is 18.8 Å². The van der Waals surface area contributed by atoms with Crippen molar-refractivity contribution in [2.24, 2.45) is 0 Å². The van der Waals surface area contributed by atoms with Gasteiger partial charge in [-0.25, -0.2) is 0 Å². The molecule has 3 heteroatoms. The first-order valence-corrected chi connectivity index (χ1v) is 6.34. The monoisotopic (exact) mass is 168 g/mol. The van der Waals surface area contributed by atoms with Crippen LogP contribution in [0.25, 0.3) is 0 Å². The lowest BCUT2D eigenvalue weighted by Gasteiger charge is -2.11. The maximum atomic E-state index is 5.22. The van der Waals surface area contributed by atoms with Crippen LogP contribution in [0.15, 0.2) is 0 Å². The van der Waals surface area contributed by atoms with E-state index in [1.165, 1.54) is 0 Å². The van der Waals surface area contributed by atoms with Crippen LogP contribution in [0.2, 0.25) is 19.6 Å². The minimum Gasteiger partial charge on any atom is -0.464 e. The van der Waals surface area contributed by atoms with Gasteiger partial charge in [-0.05, 0) is 19.6 Å². The fraction of sp³-hybridized carbons (Fsp3) is 1.00. The zero-order valence-corrected chi connectivity index (χ0v) is 7.91. The van der Waals surface area contributed by atoms with E-state index in [0.717, 1.165) is 10.5 Å². The third-order valence-electron chi connectivity index (χ3n) is 0.612. The molecule has 0 rings (SSSR count). The number of rotatable bonds is 1. The predicted octanol–water partition coefficient (Wildman–Crippen LogP) is 2.03. The molecule has 0 aliphatic rings. The van der Waals surface area contributed by atoms with E-state index in [9.17, 15) is 0 Å². The van der Waals surface area contributed by atoms with Crippen LogP contribution in [0.1, 0.15) is 22.3 Å². The van der Waals surface area contributed by atoms with E-state index < -0.39 is 8.32 Å². The predicted molar refractivity (Wildman–Crippen MR) is 54.6 cm³/mol. The fourth-order valence-corrected chi connectivity index (χ4v) is 0. The number of hydrogen-bond acceptors (Lipinski definition) is 1. The summed E-state index contributed by atoms with van der Waals surface area (Å²) >= 11 is 0. The van der Waals surface area contributed by atoms with Crippen molar-refractivity contribution in [3.05, 3.63) is 0 Å². The summed E-state index contributed by atoms with van der Waals surface area (Å²) in [5, 5.41) is 0. The highest BCUT2D eigenvalue weighted by molar-refractivity contribution is 6.72. The average Bonchev–Trinajstić information content (AvgIpc) is 1.35. The maximum absolute atomic E-state index is 5.22. The molecule has 0 saturated heterocycles. The molecule has 0 aromatic rings. The van der Waals surface area contributed by atoms with Gasteiger partial charge >= 0.3 is 0 Å². The zero-order chi connectivity index (χ0) is 5.21. The SMILES string of the molecule is C.C.C.C[Si](C)(C)O[SiH3]. The van der Waals surface area contributed by atoms with Crippen molar-refractivity contribution in [2.45, 2.75) is 41.9 Å². The fourth-order valence-electron chi connectivity index (χ4n) is 0. The highest BCUT2D eigenvalue weighted by Crippen LogP contribution is 1.96. The Balaban J connectivity index is -0.0000000417. The molecule has 0 aliphatic carbocycles. The largest absolute Gasteiger partial charge is 0.464 e. The van der Waals surface area contributed by atoms with Crippen molar-refractivity contribution in [2.75, 3.05) is 0 Å². The van der Waals surface area contributed by atoms with E-state index in [1.54, 1.807) is 0 Å². The summed E-state index contributed by atoms with van der Waals surface area (Å²) < 4.78 is 5.22. The molecular weight excluding hydrogens is 144 g/mol. The van der Waals surface area contributed by atoms with Crippen LogP contribution >= 0.6 is 0 Å². The highest BCUT2D eigenvalue weighted by Gasteiger charge is 2.08. The molecule has 0 aliphatic heterocycles. The summed E-state index contributed by atoms with van der Waals surface area (Å²) in [6.07, 6.45) is 0. The van der Waals surface area contributed by atoms with Crippen LogP contribution in [0.4, 0.5) is 0 Å². The Morgan fingerprint density at radius 1 is 1.00 bits per heavy atom. The van der Waals surface area contributed by atoms with E-state index in [-0.39, 0.29) is 22.3 Å². The summed E-state index contributed by atoms with van der Waals surface area (Å²) in [5.41, 5.74) is 0. The molecule has 0 heterocycles. The van der Waals surface area contributed by atoms with Crippen LogP contribution in [0.5, 0.6) is 0 Å². The van der Waals surface area contributed by atoms with Crippen molar-refractivity contribution >= 4 is 18.8 Å². The molecule has 1 nitrogen and oxygen atoms in total. The normalized spacial score (nSPS) is 8.33. The first-order valence-electron chi connectivity index (χ1n) is 2.11. The van der Waals surface area contributed by atoms with E-state index in [2.05, 4.69) is 19.6 Å². The van der Waals surface area contributed by atoms with Crippen molar-refractivity contribution in [1.82, 2.24) is 0 Å². The summed E-state index contributed by atoms with van der Waals surface area (Å²) in [7, 11) is -0.160. The van der Waals surface area contributed by atoms with Crippen LogP contribution in [-0.2, 0) is 4.12 Å².